The van der Waals surface area contributed by atoms with E-state index in [-0.39, 0.29) is 0 Å². The van der Waals surface area contributed by atoms with E-state index in [1.807, 2.05) is 31.2 Å². The van der Waals surface area contributed by atoms with E-state index in [4.69, 9.17) is 27.9 Å². The number of rotatable bonds is 6. The van der Waals surface area contributed by atoms with Crippen molar-refractivity contribution in [2.75, 3.05) is 12.9 Å². The predicted molar refractivity (Wildman–Crippen MR) is 126 cm³/mol. The highest BCUT2D eigenvalue weighted by Gasteiger charge is 2.21. The molecule has 5 nitrogen and oxygen atoms in total. The molecule has 3 aromatic carbocycles. The van der Waals surface area contributed by atoms with E-state index >= 15 is 0 Å². The summed E-state index contributed by atoms with van der Waals surface area (Å²) in [5, 5.41) is 11.7. The minimum absolute atomic E-state index is 0.342. The summed E-state index contributed by atoms with van der Waals surface area (Å²) in [6, 6.07) is 16.2. The molecule has 0 bridgehead atoms. The van der Waals surface area contributed by atoms with Crippen LogP contribution in [0.2, 0.25) is 10.0 Å². The van der Waals surface area contributed by atoms with Crippen LogP contribution in [0.15, 0.2) is 59.5 Å². The van der Waals surface area contributed by atoms with E-state index in [0.717, 1.165) is 10.5 Å². The number of fused-ring (bicyclic) bond motifs is 1. The minimum atomic E-state index is -1.05. The molecule has 1 aromatic heterocycles. The van der Waals surface area contributed by atoms with Gasteiger partial charge in [0.25, 0.3) is 0 Å². The molecular formula is C23H20Cl2N2O3S. The molecule has 0 amide bonds. The summed E-state index contributed by atoms with van der Waals surface area (Å²) in [4.78, 5) is 8.38. The predicted octanol–water partition coefficient (Wildman–Crippen LogP) is 5.75. The van der Waals surface area contributed by atoms with Crippen molar-refractivity contribution in [3.63, 3.8) is 0 Å². The first kappa shape index (κ1) is 21.8. The number of para-hydroxylation sites is 1. The Labute approximate surface area is 192 Å². The second kappa shape index (κ2) is 9.01. The maximum Gasteiger partial charge on any atom is 0.140 e. The molecule has 2 N–H and O–H groups in total. The molecule has 0 aliphatic carbocycles. The Kier molecular flexibility index (Phi) is 6.34. The van der Waals surface area contributed by atoms with Gasteiger partial charge in [-0.25, -0.2) is 4.98 Å². The second-order valence-electron chi connectivity index (χ2n) is 6.87. The first-order chi connectivity index (χ1) is 14.9. The van der Waals surface area contributed by atoms with Gasteiger partial charge >= 0.3 is 0 Å². The summed E-state index contributed by atoms with van der Waals surface area (Å²) in [6.45, 7) is 1.86. The maximum atomic E-state index is 11.9. The monoisotopic (exact) mass is 474 g/mol. The van der Waals surface area contributed by atoms with Gasteiger partial charge in [0.15, 0.2) is 0 Å². The molecule has 0 spiro atoms. The molecule has 31 heavy (non-hydrogen) atoms. The van der Waals surface area contributed by atoms with E-state index in [2.05, 4.69) is 9.97 Å². The molecule has 8 heteroatoms. The Hall–Kier alpha value is -2.38. The van der Waals surface area contributed by atoms with Crippen molar-refractivity contribution in [2.45, 2.75) is 17.9 Å². The standard InChI is InChI=1S/C23H20Cl2N2O3S/c1-3-31(29)14-10-8-13(9-11-14)22(28)23-26-17-12-16(24)19(20(25)21(17)27-23)15-6-4-5-7-18(15)30-2/h4-12,22,28H,3H2,1-2H3,(H,26,27). The third kappa shape index (κ3) is 4.08. The molecule has 4 rings (SSSR count). The summed E-state index contributed by atoms with van der Waals surface area (Å²) in [5.41, 5.74) is 3.12. The number of benzene rings is 3. The number of aliphatic hydroxyl groups excluding tert-OH is 1. The lowest BCUT2D eigenvalue weighted by molar-refractivity contribution is 0.211. The summed E-state index contributed by atoms with van der Waals surface area (Å²) in [5.74, 6) is 1.53. The Morgan fingerprint density at radius 2 is 1.87 bits per heavy atom. The molecule has 0 aliphatic rings. The van der Waals surface area contributed by atoms with Crippen LogP contribution in [0.25, 0.3) is 22.2 Å². The molecule has 0 fully saturated rings. The molecule has 0 aliphatic heterocycles. The molecule has 0 saturated heterocycles. The number of methoxy groups -OCH3 is 1. The number of halogens is 2. The van der Waals surface area contributed by atoms with Gasteiger partial charge in [-0.05, 0) is 29.8 Å². The SMILES string of the molecule is CCS(=O)c1ccc(C(O)c2nc3c(Cl)c(-c4ccccc4OC)c(Cl)cc3[nH]2)cc1. The van der Waals surface area contributed by atoms with E-state index in [0.29, 0.717) is 49.5 Å². The van der Waals surface area contributed by atoms with Gasteiger partial charge in [-0.15, -0.1) is 0 Å². The lowest BCUT2D eigenvalue weighted by Gasteiger charge is -2.12. The van der Waals surface area contributed by atoms with Gasteiger partial charge in [-0.1, -0.05) is 60.5 Å². The molecule has 160 valence electrons. The smallest absolute Gasteiger partial charge is 0.140 e. The highest BCUT2D eigenvalue weighted by atomic mass is 35.5. The van der Waals surface area contributed by atoms with Crippen molar-refractivity contribution < 1.29 is 14.1 Å². The summed E-state index contributed by atoms with van der Waals surface area (Å²) in [7, 11) is 0.541. The fraction of sp³-hybridized carbons (Fsp3) is 0.174. The van der Waals surface area contributed by atoms with E-state index in [9.17, 15) is 9.32 Å². The zero-order valence-electron chi connectivity index (χ0n) is 16.9. The molecule has 0 saturated carbocycles. The van der Waals surface area contributed by atoms with E-state index < -0.39 is 16.9 Å². The van der Waals surface area contributed by atoms with Crippen LogP contribution in [-0.2, 0) is 10.8 Å². The van der Waals surface area contributed by atoms with Crippen molar-refractivity contribution in [3.05, 3.63) is 76.0 Å². The maximum absolute atomic E-state index is 11.9. The third-order valence-corrected chi connectivity index (χ3v) is 7.03. The number of nitrogens with one attached hydrogen (secondary N) is 1. The van der Waals surface area contributed by atoms with Crippen molar-refractivity contribution in [1.29, 1.82) is 0 Å². The summed E-state index contributed by atoms with van der Waals surface area (Å²) >= 11 is 13.3. The summed E-state index contributed by atoms with van der Waals surface area (Å²) in [6.07, 6.45) is -0.999. The van der Waals surface area contributed by atoms with Gasteiger partial charge in [0, 0.05) is 21.8 Å². The average molecular weight is 475 g/mol. The fourth-order valence-corrected chi connectivity index (χ4v) is 4.93. The van der Waals surface area contributed by atoms with Gasteiger partial charge in [0.05, 0.1) is 33.5 Å². The van der Waals surface area contributed by atoms with Crippen LogP contribution in [0.3, 0.4) is 0 Å². The Bertz CT molecular complexity index is 1270. The number of nitrogens with zero attached hydrogens (tertiary/aromatic N) is 1. The van der Waals surface area contributed by atoms with Gasteiger partial charge < -0.3 is 14.8 Å². The first-order valence-electron chi connectivity index (χ1n) is 9.62. The Balaban J connectivity index is 1.76. The second-order valence-corrected chi connectivity index (χ2v) is 9.40. The van der Waals surface area contributed by atoms with Crippen LogP contribution in [0, 0.1) is 0 Å². The highest BCUT2D eigenvalue weighted by molar-refractivity contribution is 7.85. The number of aliphatic hydroxyl groups is 1. The van der Waals surface area contributed by atoms with Gasteiger partial charge in [0.1, 0.15) is 23.2 Å². The zero-order chi connectivity index (χ0) is 22.1. The quantitative estimate of drug-likeness (QED) is 0.372. The average Bonchev–Trinajstić information content (AvgIpc) is 3.22. The van der Waals surface area contributed by atoms with Crippen LogP contribution >= 0.6 is 23.2 Å². The number of hydrogen-bond acceptors (Lipinski definition) is 4. The van der Waals surface area contributed by atoms with Crippen LogP contribution in [0.4, 0.5) is 0 Å². The number of aromatic nitrogens is 2. The van der Waals surface area contributed by atoms with Crippen molar-refractivity contribution in [2.24, 2.45) is 0 Å². The Morgan fingerprint density at radius 3 is 2.55 bits per heavy atom. The van der Waals surface area contributed by atoms with Crippen LogP contribution in [0.1, 0.15) is 24.4 Å². The van der Waals surface area contributed by atoms with Crippen molar-refractivity contribution in [1.82, 2.24) is 9.97 Å². The lowest BCUT2D eigenvalue weighted by Crippen LogP contribution is -2.02. The zero-order valence-corrected chi connectivity index (χ0v) is 19.2. The molecule has 4 aromatic rings. The molecule has 1 heterocycles. The largest absolute Gasteiger partial charge is 0.496 e. The normalized spacial score (nSPS) is 13.3. The number of hydrogen-bond donors (Lipinski definition) is 2. The third-order valence-electron chi connectivity index (χ3n) is 5.04. The topological polar surface area (TPSA) is 75.2 Å². The first-order valence-corrected chi connectivity index (χ1v) is 11.7. The number of imidazole rings is 1. The van der Waals surface area contributed by atoms with Crippen LogP contribution in [-0.4, -0.2) is 32.1 Å². The van der Waals surface area contributed by atoms with Crippen molar-refractivity contribution in [3.8, 4) is 16.9 Å². The molecule has 0 radical (unpaired) electrons. The van der Waals surface area contributed by atoms with Crippen molar-refractivity contribution >= 4 is 45.0 Å². The lowest BCUT2D eigenvalue weighted by atomic mass is 10.0. The Morgan fingerprint density at radius 1 is 1.16 bits per heavy atom. The van der Waals surface area contributed by atoms with E-state index in [1.54, 1.807) is 37.4 Å². The fourth-order valence-electron chi connectivity index (χ4n) is 3.45. The van der Waals surface area contributed by atoms with Gasteiger partial charge in [-0.3, -0.25) is 4.21 Å². The van der Waals surface area contributed by atoms with Crippen LogP contribution in [0.5, 0.6) is 5.75 Å². The molecule has 2 atom stereocenters. The van der Waals surface area contributed by atoms with Crippen LogP contribution < -0.4 is 4.74 Å². The number of H-pyrrole nitrogens is 1. The highest BCUT2D eigenvalue weighted by Crippen LogP contribution is 2.43. The van der Waals surface area contributed by atoms with Gasteiger partial charge in [-0.2, -0.15) is 0 Å². The summed E-state index contributed by atoms with van der Waals surface area (Å²) < 4.78 is 17.4. The minimum Gasteiger partial charge on any atom is -0.496 e. The molecule has 2 unspecified atom stereocenters. The molecular weight excluding hydrogens is 455 g/mol. The van der Waals surface area contributed by atoms with Gasteiger partial charge in [0.2, 0.25) is 0 Å². The van der Waals surface area contributed by atoms with E-state index in [1.165, 1.54) is 0 Å². The number of ether oxygens (including phenoxy) is 1. The number of aromatic amines is 1.